The quantitative estimate of drug-likeness (QED) is 0.881. The van der Waals surface area contributed by atoms with Crippen molar-refractivity contribution >= 4 is 0 Å². The number of hydrogen-bond acceptors (Lipinski definition) is 3. The molecule has 2 rings (SSSR count). The minimum atomic E-state index is -0.345. The van der Waals surface area contributed by atoms with Crippen LogP contribution in [0.1, 0.15) is 17.7 Å². The number of ether oxygens (including phenoxy) is 1. The standard InChI is InChI=1S/C16H19FN2O/c1-20-16-8-5-12(11-15(16)17)10-13(18)6-7-14-4-2-3-9-19-14/h2-5,8-9,11,13H,6-7,10,18H2,1H3. The van der Waals surface area contributed by atoms with E-state index in [0.717, 1.165) is 24.1 Å². The number of hydrogen-bond donors (Lipinski definition) is 1. The Morgan fingerprint density at radius 2 is 2.15 bits per heavy atom. The molecule has 4 heteroatoms. The topological polar surface area (TPSA) is 48.1 Å². The van der Waals surface area contributed by atoms with Gasteiger partial charge in [-0.3, -0.25) is 4.98 Å². The highest BCUT2D eigenvalue weighted by molar-refractivity contribution is 5.29. The molecule has 0 aliphatic heterocycles. The number of benzene rings is 1. The normalized spacial score (nSPS) is 12.2. The van der Waals surface area contributed by atoms with Gasteiger partial charge in [-0.15, -0.1) is 0 Å². The van der Waals surface area contributed by atoms with E-state index in [-0.39, 0.29) is 17.6 Å². The van der Waals surface area contributed by atoms with Crippen LogP contribution in [0.5, 0.6) is 5.75 Å². The summed E-state index contributed by atoms with van der Waals surface area (Å²) in [6.07, 6.45) is 4.08. The molecule has 1 atom stereocenters. The number of nitrogens with two attached hydrogens (primary N) is 1. The lowest BCUT2D eigenvalue weighted by Gasteiger charge is -2.12. The third-order valence-corrected chi connectivity index (χ3v) is 3.21. The van der Waals surface area contributed by atoms with Crippen LogP contribution in [0.4, 0.5) is 4.39 Å². The van der Waals surface area contributed by atoms with Gasteiger partial charge in [-0.1, -0.05) is 12.1 Å². The fraction of sp³-hybridized carbons (Fsp3) is 0.312. The summed E-state index contributed by atoms with van der Waals surface area (Å²) >= 11 is 0. The second kappa shape index (κ2) is 7.01. The van der Waals surface area contributed by atoms with Crippen LogP contribution in [0.3, 0.4) is 0 Å². The van der Waals surface area contributed by atoms with Crippen LogP contribution in [0.15, 0.2) is 42.6 Å². The zero-order valence-corrected chi connectivity index (χ0v) is 11.6. The van der Waals surface area contributed by atoms with Crippen molar-refractivity contribution in [3.63, 3.8) is 0 Å². The van der Waals surface area contributed by atoms with Crippen LogP contribution in [-0.4, -0.2) is 18.1 Å². The molecule has 0 aliphatic rings. The summed E-state index contributed by atoms with van der Waals surface area (Å²) in [7, 11) is 1.46. The van der Waals surface area contributed by atoms with Gasteiger partial charge in [-0.25, -0.2) is 4.39 Å². The van der Waals surface area contributed by atoms with E-state index in [2.05, 4.69) is 4.98 Å². The lowest BCUT2D eigenvalue weighted by Crippen LogP contribution is -2.23. The molecule has 0 fully saturated rings. The zero-order valence-electron chi connectivity index (χ0n) is 11.6. The van der Waals surface area contributed by atoms with Gasteiger partial charge in [0.1, 0.15) is 0 Å². The van der Waals surface area contributed by atoms with Gasteiger partial charge in [-0.2, -0.15) is 0 Å². The Balaban J connectivity index is 1.88. The monoisotopic (exact) mass is 274 g/mol. The number of halogens is 1. The van der Waals surface area contributed by atoms with Crippen molar-refractivity contribution in [2.45, 2.75) is 25.3 Å². The zero-order chi connectivity index (χ0) is 14.4. The number of methoxy groups -OCH3 is 1. The second-order valence-electron chi connectivity index (χ2n) is 4.79. The van der Waals surface area contributed by atoms with Gasteiger partial charge in [-0.05, 0) is 49.1 Å². The first-order valence-electron chi connectivity index (χ1n) is 6.67. The van der Waals surface area contributed by atoms with Crippen molar-refractivity contribution in [3.05, 3.63) is 59.7 Å². The maximum Gasteiger partial charge on any atom is 0.165 e. The van der Waals surface area contributed by atoms with Gasteiger partial charge in [0.15, 0.2) is 11.6 Å². The Hall–Kier alpha value is -1.94. The van der Waals surface area contributed by atoms with Crippen LogP contribution in [0.2, 0.25) is 0 Å². The first kappa shape index (κ1) is 14.5. The molecule has 1 aromatic heterocycles. The molecule has 0 bridgehead atoms. The largest absolute Gasteiger partial charge is 0.494 e. The fourth-order valence-corrected chi connectivity index (χ4v) is 2.12. The summed E-state index contributed by atoms with van der Waals surface area (Å²) < 4.78 is 18.5. The van der Waals surface area contributed by atoms with Crippen molar-refractivity contribution in [2.75, 3.05) is 7.11 Å². The van der Waals surface area contributed by atoms with Gasteiger partial charge >= 0.3 is 0 Å². The highest BCUT2D eigenvalue weighted by Gasteiger charge is 2.08. The van der Waals surface area contributed by atoms with Crippen molar-refractivity contribution in [2.24, 2.45) is 5.73 Å². The second-order valence-corrected chi connectivity index (χ2v) is 4.79. The maximum absolute atomic E-state index is 13.6. The van der Waals surface area contributed by atoms with E-state index in [1.165, 1.54) is 13.2 Å². The van der Waals surface area contributed by atoms with Crippen LogP contribution in [0.25, 0.3) is 0 Å². The van der Waals surface area contributed by atoms with Crippen molar-refractivity contribution in [1.82, 2.24) is 4.98 Å². The average molecular weight is 274 g/mol. The highest BCUT2D eigenvalue weighted by atomic mass is 19.1. The smallest absolute Gasteiger partial charge is 0.165 e. The number of nitrogens with zero attached hydrogens (tertiary/aromatic N) is 1. The van der Waals surface area contributed by atoms with Gasteiger partial charge in [0.25, 0.3) is 0 Å². The van der Waals surface area contributed by atoms with E-state index in [4.69, 9.17) is 10.5 Å². The Bertz CT molecular complexity index is 545. The maximum atomic E-state index is 13.6. The molecule has 3 nitrogen and oxygen atoms in total. The molecule has 0 spiro atoms. The molecule has 0 radical (unpaired) electrons. The van der Waals surface area contributed by atoms with Gasteiger partial charge in [0, 0.05) is 17.9 Å². The van der Waals surface area contributed by atoms with E-state index < -0.39 is 0 Å². The lowest BCUT2D eigenvalue weighted by atomic mass is 10.0. The SMILES string of the molecule is COc1ccc(CC(N)CCc2ccccn2)cc1F. The molecule has 1 aromatic carbocycles. The molecule has 0 amide bonds. The Labute approximate surface area is 118 Å². The van der Waals surface area contributed by atoms with E-state index >= 15 is 0 Å². The average Bonchev–Trinajstić information content (AvgIpc) is 2.46. The summed E-state index contributed by atoms with van der Waals surface area (Å²) in [5, 5.41) is 0. The Morgan fingerprint density at radius 3 is 2.80 bits per heavy atom. The van der Waals surface area contributed by atoms with Gasteiger partial charge in [0.05, 0.1) is 7.11 Å². The molecule has 2 N–H and O–H groups in total. The van der Waals surface area contributed by atoms with Crippen molar-refractivity contribution < 1.29 is 9.13 Å². The summed E-state index contributed by atoms with van der Waals surface area (Å²) in [6.45, 7) is 0. The Morgan fingerprint density at radius 1 is 1.30 bits per heavy atom. The molecular formula is C16H19FN2O. The molecule has 106 valence electrons. The minimum absolute atomic E-state index is 0.00944. The van der Waals surface area contributed by atoms with Crippen LogP contribution in [0, 0.1) is 5.82 Å². The predicted molar refractivity (Wildman–Crippen MR) is 77.2 cm³/mol. The molecule has 0 saturated carbocycles. The number of rotatable bonds is 6. The van der Waals surface area contributed by atoms with E-state index in [1.54, 1.807) is 12.3 Å². The van der Waals surface area contributed by atoms with E-state index in [0.29, 0.717) is 6.42 Å². The molecular weight excluding hydrogens is 255 g/mol. The highest BCUT2D eigenvalue weighted by Crippen LogP contribution is 2.18. The molecule has 2 aromatic rings. The first-order valence-corrected chi connectivity index (χ1v) is 6.67. The van der Waals surface area contributed by atoms with Gasteiger partial charge < -0.3 is 10.5 Å². The van der Waals surface area contributed by atoms with E-state index in [1.807, 2.05) is 24.3 Å². The number of pyridine rings is 1. The van der Waals surface area contributed by atoms with Crippen LogP contribution >= 0.6 is 0 Å². The van der Waals surface area contributed by atoms with Crippen molar-refractivity contribution in [3.8, 4) is 5.75 Å². The number of aromatic nitrogens is 1. The molecule has 20 heavy (non-hydrogen) atoms. The summed E-state index contributed by atoms with van der Waals surface area (Å²) in [6, 6.07) is 10.8. The molecule has 1 unspecified atom stereocenters. The summed E-state index contributed by atoms with van der Waals surface area (Å²) in [5.74, 6) is -0.0854. The summed E-state index contributed by atoms with van der Waals surface area (Å²) in [4.78, 5) is 4.26. The molecule has 1 heterocycles. The van der Waals surface area contributed by atoms with Crippen molar-refractivity contribution in [1.29, 1.82) is 0 Å². The van der Waals surface area contributed by atoms with Crippen LogP contribution < -0.4 is 10.5 Å². The third kappa shape index (κ3) is 4.03. The third-order valence-electron chi connectivity index (χ3n) is 3.21. The lowest BCUT2D eigenvalue weighted by molar-refractivity contribution is 0.386. The summed E-state index contributed by atoms with van der Waals surface area (Å²) in [5.41, 5.74) is 8.01. The van der Waals surface area contributed by atoms with Gasteiger partial charge in [0.2, 0.25) is 0 Å². The Kier molecular flexibility index (Phi) is 5.07. The fourth-order valence-electron chi connectivity index (χ4n) is 2.12. The molecule has 0 saturated heterocycles. The molecule has 0 aliphatic carbocycles. The minimum Gasteiger partial charge on any atom is -0.494 e. The number of aryl methyl sites for hydroxylation is 1. The predicted octanol–water partition coefficient (Wildman–Crippen LogP) is 2.73. The van der Waals surface area contributed by atoms with Crippen LogP contribution in [-0.2, 0) is 12.8 Å². The van der Waals surface area contributed by atoms with E-state index in [9.17, 15) is 4.39 Å². The first-order chi connectivity index (χ1) is 9.69.